The minimum Gasteiger partial charge on any atom is -0.469 e. The molecule has 0 radical (unpaired) electrons. The van der Waals surface area contributed by atoms with Crippen molar-refractivity contribution in [2.75, 3.05) is 20.8 Å². The van der Waals surface area contributed by atoms with Crippen molar-refractivity contribution in [3.8, 4) is 0 Å². The van der Waals surface area contributed by atoms with Gasteiger partial charge in [0.1, 0.15) is 0 Å². The van der Waals surface area contributed by atoms with E-state index in [0.717, 1.165) is 19.4 Å². The zero-order valence-corrected chi connectivity index (χ0v) is 11.4. The van der Waals surface area contributed by atoms with Gasteiger partial charge in [-0.25, -0.2) is 0 Å². The maximum Gasteiger partial charge on any atom is 0.311 e. The van der Waals surface area contributed by atoms with Crippen molar-refractivity contribution in [2.24, 2.45) is 11.8 Å². The summed E-state index contributed by atoms with van der Waals surface area (Å²) >= 11 is 0. The Balaban J connectivity index is 2.39. The summed E-state index contributed by atoms with van der Waals surface area (Å²) in [6.07, 6.45) is 2.01. The number of carbonyl (C=O) groups excluding carboxylic acids is 2. The summed E-state index contributed by atoms with van der Waals surface area (Å²) in [5.41, 5.74) is -0.354. The molecule has 5 heteroatoms. The summed E-state index contributed by atoms with van der Waals surface area (Å²) in [6, 6.07) is 0.108. The van der Waals surface area contributed by atoms with Crippen LogP contribution in [0.25, 0.3) is 0 Å². The lowest BCUT2D eigenvalue weighted by molar-refractivity contribution is -0.158. The first-order chi connectivity index (χ1) is 8.45. The Kier molecular flexibility index (Phi) is 3.36. The van der Waals surface area contributed by atoms with Crippen molar-refractivity contribution in [1.82, 2.24) is 4.90 Å². The number of hydrogen-bond donors (Lipinski definition) is 0. The molecule has 0 aromatic rings. The quantitative estimate of drug-likeness (QED) is 0.684. The van der Waals surface area contributed by atoms with Crippen LogP contribution < -0.4 is 0 Å². The van der Waals surface area contributed by atoms with Crippen molar-refractivity contribution in [3.05, 3.63) is 0 Å². The van der Waals surface area contributed by atoms with Crippen LogP contribution in [0.2, 0.25) is 0 Å². The maximum atomic E-state index is 12.0. The topological polar surface area (TPSA) is 55.8 Å². The largest absolute Gasteiger partial charge is 0.469 e. The average molecular weight is 255 g/mol. The molecular formula is C13H21NO4. The molecule has 0 saturated carbocycles. The van der Waals surface area contributed by atoms with Gasteiger partial charge < -0.3 is 9.47 Å². The molecule has 0 spiro atoms. The van der Waals surface area contributed by atoms with Crippen molar-refractivity contribution in [3.63, 3.8) is 0 Å². The lowest BCUT2D eigenvalue weighted by Gasteiger charge is -2.34. The highest BCUT2D eigenvalue weighted by molar-refractivity contribution is 5.84. The van der Waals surface area contributed by atoms with Crippen molar-refractivity contribution >= 4 is 11.9 Å². The first-order valence-electron chi connectivity index (χ1n) is 6.37. The molecule has 2 saturated heterocycles. The molecule has 0 unspecified atom stereocenters. The van der Waals surface area contributed by atoms with Gasteiger partial charge in [0, 0.05) is 11.6 Å². The molecule has 2 aliphatic heterocycles. The van der Waals surface area contributed by atoms with E-state index in [9.17, 15) is 9.59 Å². The van der Waals surface area contributed by atoms with Gasteiger partial charge in [0.05, 0.1) is 26.1 Å². The first kappa shape index (κ1) is 13.3. The summed E-state index contributed by atoms with van der Waals surface area (Å²) in [5.74, 6) is -1.46. The van der Waals surface area contributed by atoms with Crippen LogP contribution in [0.4, 0.5) is 0 Å². The van der Waals surface area contributed by atoms with E-state index >= 15 is 0 Å². The van der Waals surface area contributed by atoms with Crippen LogP contribution in [0.1, 0.15) is 26.7 Å². The fourth-order valence-electron chi connectivity index (χ4n) is 3.71. The van der Waals surface area contributed by atoms with E-state index in [-0.39, 0.29) is 23.5 Å². The van der Waals surface area contributed by atoms with Gasteiger partial charge in [0.25, 0.3) is 0 Å². The standard InChI is InChI=1S/C13H21NO4/c1-13(2)10(12(16)18-4)9(11(15)17-3)8-6-5-7-14(8)13/h8-10H,5-7H2,1-4H3/t8-,9+,10-/m0/s1. The maximum absolute atomic E-state index is 12.0. The van der Waals surface area contributed by atoms with Gasteiger partial charge in [0.2, 0.25) is 0 Å². The second-order valence-corrected chi connectivity index (χ2v) is 5.61. The van der Waals surface area contributed by atoms with Gasteiger partial charge in [-0.15, -0.1) is 0 Å². The van der Waals surface area contributed by atoms with Gasteiger partial charge in [0.15, 0.2) is 0 Å². The zero-order valence-electron chi connectivity index (χ0n) is 11.4. The Morgan fingerprint density at radius 1 is 1.17 bits per heavy atom. The highest BCUT2D eigenvalue weighted by Gasteiger charge is 2.61. The van der Waals surface area contributed by atoms with E-state index < -0.39 is 11.8 Å². The monoisotopic (exact) mass is 255 g/mol. The number of methoxy groups -OCH3 is 2. The van der Waals surface area contributed by atoms with Gasteiger partial charge in [-0.3, -0.25) is 14.5 Å². The number of nitrogens with zero attached hydrogens (tertiary/aromatic N) is 1. The predicted molar refractivity (Wildman–Crippen MR) is 64.8 cm³/mol. The lowest BCUT2D eigenvalue weighted by atomic mass is 9.79. The van der Waals surface area contributed by atoms with E-state index in [4.69, 9.17) is 9.47 Å². The SMILES string of the molecule is COC(=O)[C@H]1[C@@H](C(=O)OC)C(C)(C)N2CCC[C@@H]12. The van der Waals surface area contributed by atoms with Crippen LogP contribution in [0.3, 0.4) is 0 Å². The summed E-state index contributed by atoms with van der Waals surface area (Å²) in [7, 11) is 2.75. The summed E-state index contributed by atoms with van der Waals surface area (Å²) in [5, 5.41) is 0. The molecular weight excluding hydrogens is 234 g/mol. The van der Waals surface area contributed by atoms with Crippen molar-refractivity contribution in [2.45, 2.75) is 38.3 Å². The molecule has 5 nitrogen and oxygen atoms in total. The van der Waals surface area contributed by atoms with Crippen LogP contribution in [0, 0.1) is 11.8 Å². The number of esters is 2. The summed E-state index contributed by atoms with van der Waals surface area (Å²) in [6.45, 7) is 4.95. The first-order valence-corrected chi connectivity index (χ1v) is 6.37. The van der Waals surface area contributed by atoms with E-state index in [1.165, 1.54) is 14.2 Å². The Morgan fingerprint density at radius 2 is 1.78 bits per heavy atom. The minimum atomic E-state index is -0.444. The zero-order chi connectivity index (χ0) is 13.5. The molecule has 2 fully saturated rings. The third-order valence-corrected chi connectivity index (χ3v) is 4.50. The predicted octanol–water partition coefficient (Wildman–Crippen LogP) is 0.821. The van der Waals surface area contributed by atoms with Crippen LogP contribution in [-0.2, 0) is 19.1 Å². The van der Waals surface area contributed by atoms with Crippen LogP contribution in [-0.4, -0.2) is 49.2 Å². The summed E-state index contributed by atoms with van der Waals surface area (Å²) in [4.78, 5) is 26.3. The second-order valence-electron chi connectivity index (χ2n) is 5.61. The number of carbonyl (C=O) groups is 2. The Hall–Kier alpha value is -1.10. The fraction of sp³-hybridized carbons (Fsp3) is 0.846. The normalized spacial score (nSPS) is 34.1. The van der Waals surface area contributed by atoms with Gasteiger partial charge >= 0.3 is 11.9 Å². The molecule has 3 atom stereocenters. The highest BCUT2D eigenvalue weighted by atomic mass is 16.5. The van der Waals surface area contributed by atoms with Crippen molar-refractivity contribution in [1.29, 1.82) is 0 Å². The molecule has 0 N–H and O–H groups in total. The van der Waals surface area contributed by atoms with E-state index in [0.29, 0.717) is 0 Å². The number of ether oxygens (including phenoxy) is 2. The molecule has 2 heterocycles. The summed E-state index contributed by atoms with van der Waals surface area (Å²) < 4.78 is 9.77. The Morgan fingerprint density at radius 3 is 2.33 bits per heavy atom. The smallest absolute Gasteiger partial charge is 0.311 e. The fourth-order valence-corrected chi connectivity index (χ4v) is 3.71. The molecule has 2 rings (SSSR count). The van der Waals surface area contributed by atoms with Gasteiger partial charge in [-0.1, -0.05) is 0 Å². The molecule has 0 amide bonds. The molecule has 2 aliphatic rings. The highest BCUT2D eigenvalue weighted by Crippen LogP contribution is 2.48. The average Bonchev–Trinajstić information content (AvgIpc) is 2.89. The molecule has 0 aromatic carbocycles. The second kappa shape index (κ2) is 4.53. The number of hydrogen-bond acceptors (Lipinski definition) is 5. The molecule has 0 bridgehead atoms. The molecule has 102 valence electrons. The van der Waals surface area contributed by atoms with Crippen LogP contribution in [0.5, 0.6) is 0 Å². The van der Waals surface area contributed by atoms with Gasteiger partial charge in [-0.05, 0) is 33.2 Å². The molecule has 0 aliphatic carbocycles. The van der Waals surface area contributed by atoms with Crippen LogP contribution in [0.15, 0.2) is 0 Å². The minimum absolute atomic E-state index is 0.108. The van der Waals surface area contributed by atoms with E-state index in [1.54, 1.807) is 0 Å². The number of rotatable bonds is 2. The third-order valence-electron chi connectivity index (χ3n) is 4.50. The Bertz CT molecular complexity index is 366. The van der Waals surface area contributed by atoms with E-state index in [2.05, 4.69) is 4.90 Å². The molecule has 18 heavy (non-hydrogen) atoms. The Labute approximate surface area is 107 Å². The van der Waals surface area contributed by atoms with Crippen LogP contribution >= 0.6 is 0 Å². The molecule has 0 aromatic heterocycles. The number of fused-ring (bicyclic) bond motifs is 1. The lowest BCUT2D eigenvalue weighted by Crippen LogP contribution is -2.46. The van der Waals surface area contributed by atoms with Gasteiger partial charge in [-0.2, -0.15) is 0 Å². The van der Waals surface area contributed by atoms with E-state index in [1.807, 2.05) is 13.8 Å². The third kappa shape index (κ3) is 1.72. The van der Waals surface area contributed by atoms with Crippen molar-refractivity contribution < 1.29 is 19.1 Å².